The molecule has 0 heterocycles. The molecule has 0 unspecified atom stereocenters. The monoisotopic (exact) mass is 143 g/mol. The van der Waals surface area contributed by atoms with Gasteiger partial charge in [0.2, 0.25) is 0 Å². The molecule has 0 saturated carbocycles. The summed E-state index contributed by atoms with van der Waals surface area (Å²) in [5, 5.41) is 3.23. The van der Waals surface area contributed by atoms with Crippen LogP contribution in [0.3, 0.4) is 0 Å². The van der Waals surface area contributed by atoms with Gasteiger partial charge in [-0.05, 0) is 13.0 Å². The average Bonchev–Trinajstić information content (AvgIpc) is 1.97. The fraction of sp³-hybridized carbons (Fsp3) is 0.750. The van der Waals surface area contributed by atoms with Crippen molar-refractivity contribution in [2.45, 2.75) is 13.3 Å². The molecule has 0 aromatic heterocycles. The maximum Gasteiger partial charge on any atom is 0.0645 e. The van der Waals surface area contributed by atoms with Crippen LogP contribution in [0.4, 0.5) is 0 Å². The lowest BCUT2D eigenvalue weighted by atomic mass is 10.5. The molecule has 0 aromatic rings. The largest absolute Gasteiger partial charge is 0.376 e. The molecule has 60 valence electrons. The summed E-state index contributed by atoms with van der Waals surface area (Å²) in [5.41, 5.74) is 0. The highest BCUT2D eigenvalue weighted by Gasteiger charge is 1.83. The van der Waals surface area contributed by atoms with Crippen LogP contribution in [0, 0.1) is 0 Å². The van der Waals surface area contributed by atoms with Crippen LogP contribution in [0.5, 0.6) is 0 Å². The standard InChI is InChI=1S/C8H17NO/c1-3-5-9-6-8-10-7-4-2/h4,9H,2-3,5-8H2,1H3. The van der Waals surface area contributed by atoms with Gasteiger partial charge in [-0.25, -0.2) is 0 Å². The van der Waals surface area contributed by atoms with Crippen molar-refractivity contribution in [1.82, 2.24) is 5.32 Å². The van der Waals surface area contributed by atoms with Crippen molar-refractivity contribution in [1.29, 1.82) is 0 Å². The molecule has 0 fully saturated rings. The van der Waals surface area contributed by atoms with Gasteiger partial charge in [-0.2, -0.15) is 0 Å². The molecule has 10 heavy (non-hydrogen) atoms. The van der Waals surface area contributed by atoms with Crippen LogP contribution in [0.15, 0.2) is 12.7 Å². The summed E-state index contributed by atoms with van der Waals surface area (Å²) >= 11 is 0. The van der Waals surface area contributed by atoms with Crippen LogP contribution in [0.2, 0.25) is 0 Å². The van der Waals surface area contributed by atoms with E-state index in [4.69, 9.17) is 4.74 Å². The molecular weight excluding hydrogens is 126 g/mol. The molecule has 0 bridgehead atoms. The molecule has 2 heteroatoms. The fourth-order valence-corrected chi connectivity index (χ4v) is 0.613. The van der Waals surface area contributed by atoms with Crippen LogP contribution in [0.25, 0.3) is 0 Å². The summed E-state index contributed by atoms with van der Waals surface area (Å²) in [6.07, 6.45) is 2.95. The molecule has 0 aromatic carbocycles. The molecule has 0 atom stereocenters. The molecule has 0 amide bonds. The van der Waals surface area contributed by atoms with Crippen molar-refractivity contribution in [3.8, 4) is 0 Å². The highest BCUT2D eigenvalue weighted by molar-refractivity contribution is 4.63. The Kier molecular flexibility index (Phi) is 8.37. The number of ether oxygens (including phenoxy) is 1. The Hall–Kier alpha value is -0.340. The smallest absolute Gasteiger partial charge is 0.0645 e. The Morgan fingerprint density at radius 3 is 2.90 bits per heavy atom. The normalized spacial score (nSPS) is 9.70. The SMILES string of the molecule is C=CCOCCNCCC. The quantitative estimate of drug-likeness (QED) is 0.427. The Morgan fingerprint density at radius 2 is 2.30 bits per heavy atom. The molecule has 1 N–H and O–H groups in total. The van der Waals surface area contributed by atoms with Crippen LogP contribution < -0.4 is 5.32 Å². The van der Waals surface area contributed by atoms with Crippen molar-refractivity contribution >= 4 is 0 Å². The van der Waals surface area contributed by atoms with Crippen molar-refractivity contribution in [2.24, 2.45) is 0 Å². The zero-order valence-electron chi connectivity index (χ0n) is 6.73. The van der Waals surface area contributed by atoms with Gasteiger partial charge in [-0.15, -0.1) is 6.58 Å². The summed E-state index contributed by atoms with van der Waals surface area (Å²) in [4.78, 5) is 0. The van der Waals surface area contributed by atoms with E-state index in [0.29, 0.717) is 6.61 Å². The average molecular weight is 143 g/mol. The number of hydrogen-bond donors (Lipinski definition) is 1. The van der Waals surface area contributed by atoms with Gasteiger partial charge < -0.3 is 10.1 Å². The molecule has 2 nitrogen and oxygen atoms in total. The first kappa shape index (κ1) is 9.66. The summed E-state index contributed by atoms with van der Waals surface area (Å²) in [6.45, 7) is 9.17. The van der Waals surface area contributed by atoms with E-state index in [1.165, 1.54) is 6.42 Å². The summed E-state index contributed by atoms with van der Waals surface area (Å²) in [7, 11) is 0. The van der Waals surface area contributed by atoms with E-state index < -0.39 is 0 Å². The van der Waals surface area contributed by atoms with E-state index >= 15 is 0 Å². The maximum atomic E-state index is 5.15. The zero-order valence-corrected chi connectivity index (χ0v) is 6.73. The van der Waals surface area contributed by atoms with Gasteiger partial charge >= 0.3 is 0 Å². The zero-order chi connectivity index (χ0) is 7.66. The second kappa shape index (κ2) is 8.66. The topological polar surface area (TPSA) is 21.3 Å². The lowest BCUT2D eigenvalue weighted by Crippen LogP contribution is -2.20. The Labute approximate surface area is 63.3 Å². The van der Waals surface area contributed by atoms with Gasteiger partial charge in [-0.1, -0.05) is 13.0 Å². The van der Waals surface area contributed by atoms with Gasteiger partial charge in [0.15, 0.2) is 0 Å². The lowest BCUT2D eigenvalue weighted by Gasteiger charge is -2.01. The molecule has 0 rings (SSSR count). The predicted molar refractivity (Wildman–Crippen MR) is 44.2 cm³/mol. The Balaban J connectivity index is 2.70. The van der Waals surface area contributed by atoms with Crippen molar-refractivity contribution in [3.05, 3.63) is 12.7 Å². The third kappa shape index (κ3) is 7.66. The van der Waals surface area contributed by atoms with Gasteiger partial charge in [0.25, 0.3) is 0 Å². The van der Waals surface area contributed by atoms with Gasteiger partial charge in [0.05, 0.1) is 13.2 Å². The van der Waals surface area contributed by atoms with E-state index in [2.05, 4.69) is 18.8 Å². The molecule has 0 aliphatic carbocycles. The summed E-state index contributed by atoms with van der Waals surface area (Å²) < 4.78 is 5.15. The summed E-state index contributed by atoms with van der Waals surface area (Å²) in [5.74, 6) is 0. The highest BCUT2D eigenvalue weighted by Crippen LogP contribution is 1.74. The van der Waals surface area contributed by atoms with Crippen LogP contribution in [-0.4, -0.2) is 26.3 Å². The Morgan fingerprint density at radius 1 is 1.50 bits per heavy atom. The first-order valence-electron chi connectivity index (χ1n) is 3.81. The molecule has 0 spiro atoms. The van der Waals surface area contributed by atoms with E-state index in [-0.39, 0.29) is 0 Å². The number of rotatable bonds is 7. The maximum absolute atomic E-state index is 5.15. The highest BCUT2D eigenvalue weighted by atomic mass is 16.5. The van der Waals surface area contributed by atoms with Crippen LogP contribution >= 0.6 is 0 Å². The molecule has 0 radical (unpaired) electrons. The molecule has 0 saturated heterocycles. The van der Waals surface area contributed by atoms with E-state index in [1.54, 1.807) is 6.08 Å². The lowest BCUT2D eigenvalue weighted by molar-refractivity contribution is 0.164. The second-order valence-corrected chi connectivity index (χ2v) is 2.11. The third-order valence-corrected chi connectivity index (χ3v) is 1.09. The van der Waals surface area contributed by atoms with Gasteiger partial charge in [-0.3, -0.25) is 0 Å². The number of hydrogen-bond acceptors (Lipinski definition) is 2. The van der Waals surface area contributed by atoms with Crippen LogP contribution in [-0.2, 0) is 4.74 Å². The van der Waals surface area contributed by atoms with Crippen LogP contribution in [0.1, 0.15) is 13.3 Å². The molecule has 0 aliphatic heterocycles. The second-order valence-electron chi connectivity index (χ2n) is 2.11. The fourth-order valence-electron chi connectivity index (χ4n) is 0.613. The number of nitrogens with one attached hydrogen (secondary N) is 1. The first-order valence-corrected chi connectivity index (χ1v) is 3.81. The predicted octanol–water partition coefficient (Wildman–Crippen LogP) is 1.19. The minimum absolute atomic E-state index is 0.661. The minimum Gasteiger partial charge on any atom is -0.376 e. The van der Waals surface area contributed by atoms with E-state index in [9.17, 15) is 0 Å². The first-order chi connectivity index (χ1) is 4.91. The minimum atomic E-state index is 0.661. The van der Waals surface area contributed by atoms with Crippen molar-refractivity contribution < 1.29 is 4.74 Å². The molecule has 0 aliphatic rings. The third-order valence-electron chi connectivity index (χ3n) is 1.09. The van der Waals surface area contributed by atoms with Gasteiger partial charge in [0.1, 0.15) is 0 Å². The van der Waals surface area contributed by atoms with Crippen molar-refractivity contribution in [2.75, 3.05) is 26.3 Å². The molecular formula is C8H17NO. The summed E-state index contributed by atoms with van der Waals surface area (Å²) in [6, 6.07) is 0. The van der Waals surface area contributed by atoms with Crippen molar-refractivity contribution in [3.63, 3.8) is 0 Å². The van der Waals surface area contributed by atoms with Gasteiger partial charge in [0, 0.05) is 6.54 Å². The Bertz CT molecular complexity index is 73.7. The van der Waals surface area contributed by atoms with E-state index in [0.717, 1.165) is 19.7 Å². The van der Waals surface area contributed by atoms with E-state index in [1.807, 2.05) is 0 Å².